The Morgan fingerprint density at radius 2 is 1.86 bits per heavy atom. The summed E-state index contributed by atoms with van der Waals surface area (Å²) >= 11 is 1.54. The fourth-order valence-electron chi connectivity index (χ4n) is 2.18. The van der Waals surface area contributed by atoms with Crippen molar-refractivity contribution in [2.75, 3.05) is 11.6 Å². The number of thioether (sulfide) groups is 1. The molecule has 0 bridgehead atoms. The van der Waals surface area contributed by atoms with Crippen molar-refractivity contribution in [3.63, 3.8) is 0 Å². The van der Waals surface area contributed by atoms with E-state index in [1.54, 1.807) is 31.7 Å². The molecule has 0 saturated carbocycles. The van der Waals surface area contributed by atoms with Crippen LogP contribution in [0.3, 0.4) is 0 Å². The summed E-state index contributed by atoms with van der Waals surface area (Å²) in [4.78, 5) is 23.9. The molecule has 0 heterocycles. The van der Waals surface area contributed by atoms with Gasteiger partial charge in [-0.15, -0.1) is 11.8 Å². The first-order valence-corrected chi connectivity index (χ1v) is 7.86. The molecule has 0 aromatic heterocycles. The molecule has 5 nitrogen and oxygen atoms in total. The fraction of sp³-hybridized carbons (Fsp3) is 0.188. The maximum atomic E-state index is 12.4. The van der Waals surface area contributed by atoms with Crippen LogP contribution in [0.25, 0.3) is 0 Å². The Hall–Kier alpha value is -2.34. The van der Waals surface area contributed by atoms with E-state index < -0.39 is 4.92 Å². The Balaban J connectivity index is 2.34. The van der Waals surface area contributed by atoms with Crippen molar-refractivity contribution in [2.45, 2.75) is 18.7 Å². The highest BCUT2D eigenvalue weighted by molar-refractivity contribution is 7.98. The van der Waals surface area contributed by atoms with Crippen LogP contribution in [-0.2, 0) is 0 Å². The third-order valence-corrected chi connectivity index (χ3v) is 4.14. The maximum absolute atomic E-state index is 12.4. The van der Waals surface area contributed by atoms with Gasteiger partial charge in [-0.25, -0.2) is 0 Å². The minimum Gasteiger partial charge on any atom is -0.321 e. The smallest absolute Gasteiger partial charge is 0.272 e. The maximum Gasteiger partial charge on any atom is 0.272 e. The first-order chi connectivity index (χ1) is 10.4. The number of hydrogen-bond donors (Lipinski definition) is 1. The Bertz CT molecular complexity index is 744. The summed E-state index contributed by atoms with van der Waals surface area (Å²) in [5.74, 6) is -0.267. The SMILES string of the molecule is CSc1ccccc1NC(=O)c1cc(C)c([N+](=O)[O-])cc1C. The molecule has 0 aliphatic carbocycles. The lowest BCUT2D eigenvalue weighted by Gasteiger charge is -2.11. The highest BCUT2D eigenvalue weighted by Gasteiger charge is 2.17. The highest BCUT2D eigenvalue weighted by atomic mass is 32.2. The van der Waals surface area contributed by atoms with E-state index >= 15 is 0 Å². The van der Waals surface area contributed by atoms with E-state index in [-0.39, 0.29) is 11.6 Å². The molecule has 0 aliphatic rings. The molecule has 1 N–H and O–H groups in total. The van der Waals surface area contributed by atoms with Crippen molar-refractivity contribution in [1.82, 2.24) is 0 Å². The zero-order valence-electron chi connectivity index (χ0n) is 12.5. The van der Waals surface area contributed by atoms with Crippen LogP contribution in [0.2, 0.25) is 0 Å². The molecular weight excluding hydrogens is 300 g/mol. The van der Waals surface area contributed by atoms with Gasteiger partial charge in [0.15, 0.2) is 0 Å². The number of hydrogen-bond acceptors (Lipinski definition) is 4. The van der Waals surface area contributed by atoms with Gasteiger partial charge in [-0.2, -0.15) is 0 Å². The Kier molecular flexibility index (Phi) is 4.82. The van der Waals surface area contributed by atoms with Crippen LogP contribution < -0.4 is 5.32 Å². The third-order valence-electron chi connectivity index (χ3n) is 3.34. The van der Waals surface area contributed by atoms with Gasteiger partial charge in [0.05, 0.1) is 10.6 Å². The van der Waals surface area contributed by atoms with Gasteiger partial charge in [0.2, 0.25) is 0 Å². The van der Waals surface area contributed by atoms with Gasteiger partial charge < -0.3 is 5.32 Å². The molecule has 2 aromatic rings. The normalized spacial score (nSPS) is 10.3. The zero-order valence-corrected chi connectivity index (χ0v) is 13.4. The quantitative estimate of drug-likeness (QED) is 0.521. The monoisotopic (exact) mass is 316 g/mol. The molecule has 0 unspecified atom stereocenters. The average Bonchev–Trinajstić information content (AvgIpc) is 2.49. The Labute approximate surface area is 132 Å². The number of rotatable bonds is 4. The summed E-state index contributed by atoms with van der Waals surface area (Å²) in [6.07, 6.45) is 1.94. The second kappa shape index (κ2) is 6.62. The number of nitrogens with one attached hydrogen (secondary N) is 1. The van der Waals surface area contributed by atoms with E-state index in [0.29, 0.717) is 16.7 Å². The number of aryl methyl sites for hydroxylation is 2. The van der Waals surface area contributed by atoms with Crippen LogP contribution in [0.5, 0.6) is 0 Å². The van der Waals surface area contributed by atoms with Crippen LogP contribution in [0.15, 0.2) is 41.3 Å². The molecule has 0 aliphatic heterocycles. The first-order valence-electron chi connectivity index (χ1n) is 6.64. The highest BCUT2D eigenvalue weighted by Crippen LogP contribution is 2.27. The third kappa shape index (κ3) is 3.28. The van der Waals surface area contributed by atoms with Crippen LogP contribution >= 0.6 is 11.8 Å². The predicted molar refractivity (Wildman–Crippen MR) is 88.7 cm³/mol. The van der Waals surface area contributed by atoms with Gasteiger partial charge in [-0.3, -0.25) is 14.9 Å². The fourth-order valence-corrected chi connectivity index (χ4v) is 2.73. The van der Waals surface area contributed by atoms with Gasteiger partial charge in [-0.05, 0) is 43.9 Å². The molecular formula is C16H16N2O3S. The van der Waals surface area contributed by atoms with Crippen LogP contribution in [-0.4, -0.2) is 17.1 Å². The van der Waals surface area contributed by atoms with Crippen LogP contribution in [0.4, 0.5) is 11.4 Å². The minimum atomic E-state index is -0.437. The van der Waals surface area contributed by atoms with E-state index in [9.17, 15) is 14.9 Å². The number of benzene rings is 2. The Morgan fingerprint density at radius 3 is 2.50 bits per heavy atom. The molecule has 0 saturated heterocycles. The van der Waals surface area contributed by atoms with Crippen molar-refractivity contribution in [3.8, 4) is 0 Å². The predicted octanol–water partition coefficient (Wildman–Crippen LogP) is 4.19. The number of carbonyl (C=O) groups is 1. The van der Waals surface area contributed by atoms with Crippen molar-refractivity contribution in [1.29, 1.82) is 0 Å². The number of amides is 1. The number of anilines is 1. The topological polar surface area (TPSA) is 72.2 Å². The van der Waals surface area contributed by atoms with Gasteiger partial charge in [0.1, 0.15) is 0 Å². The largest absolute Gasteiger partial charge is 0.321 e. The number of nitro groups is 1. The second-order valence-corrected chi connectivity index (χ2v) is 5.71. The molecule has 0 radical (unpaired) electrons. The standard InChI is InChI=1S/C16H16N2O3S/c1-10-9-14(18(20)21)11(2)8-12(10)16(19)17-13-6-4-5-7-15(13)22-3/h4-9H,1-3H3,(H,17,19). The van der Waals surface area contributed by atoms with Crippen LogP contribution in [0, 0.1) is 24.0 Å². The average molecular weight is 316 g/mol. The van der Waals surface area contributed by atoms with E-state index in [4.69, 9.17) is 0 Å². The summed E-state index contributed by atoms with van der Waals surface area (Å²) in [5, 5.41) is 13.8. The van der Waals surface area contributed by atoms with E-state index in [2.05, 4.69) is 5.32 Å². The summed E-state index contributed by atoms with van der Waals surface area (Å²) in [6, 6.07) is 10.5. The molecule has 22 heavy (non-hydrogen) atoms. The summed E-state index contributed by atoms with van der Waals surface area (Å²) in [7, 11) is 0. The number of para-hydroxylation sites is 1. The summed E-state index contributed by atoms with van der Waals surface area (Å²) in [5.41, 5.74) is 2.25. The summed E-state index contributed by atoms with van der Waals surface area (Å²) in [6.45, 7) is 3.33. The lowest BCUT2D eigenvalue weighted by molar-refractivity contribution is -0.385. The number of nitro benzene ring substituents is 1. The van der Waals surface area contributed by atoms with Gasteiger partial charge in [0.25, 0.3) is 11.6 Å². The second-order valence-electron chi connectivity index (χ2n) is 4.87. The molecule has 2 rings (SSSR count). The van der Waals surface area contributed by atoms with Crippen LogP contribution in [0.1, 0.15) is 21.5 Å². The van der Waals surface area contributed by atoms with E-state index in [1.807, 2.05) is 30.5 Å². The number of carbonyl (C=O) groups excluding carboxylic acids is 1. The molecule has 0 fully saturated rings. The van der Waals surface area contributed by atoms with Crippen molar-refractivity contribution < 1.29 is 9.72 Å². The minimum absolute atomic E-state index is 0.0264. The van der Waals surface area contributed by atoms with Gasteiger partial charge >= 0.3 is 0 Å². The molecule has 114 valence electrons. The van der Waals surface area contributed by atoms with Crippen molar-refractivity contribution >= 4 is 29.0 Å². The van der Waals surface area contributed by atoms with Crippen molar-refractivity contribution in [2.24, 2.45) is 0 Å². The summed E-state index contributed by atoms with van der Waals surface area (Å²) < 4.78 is 0. The lowest BCUT2D eigenvalue weighted by Crippen LogP contribution is -2.14. The molecule has 0 atom stereocenters. The molecule has 0 spiro atoms. The van der Waals surface area contributed by atoms with Crippen molar-refractivity contribution in [3.05, 3.63) is 63.2 Å². The van der Waals surface area contributed by atoms with Gasteiger partial charge in [0, 0.05) is 22.1 Å². The number of nitrogens with zero attached hydrogens (tertiary/aromatic N) is 1. The van der Waals surface area contributed by atoms with Gasteiger partial charge in [-0.1, -0.05) is 12.1 Å². The molecule has 2 aromatic carbocycles. The Morgan fingerprint density at radius 1 is 1.18 bits per heavy atom. The molecule has 6 heteroatoms. The lowest BCUT2D eigenvalue weighted by atomic mass is 10.0. The zero-order chi connectivity index (χ0) is 16.3. The first kappa shape index (κ1) is 16.0. The van der Waals surface area contributed by atoms with E-state index in [1.165, 1.54) is 6.07 Å². The van der Waals surface area contributed by atoms with E-state index in [0.717, 1.165) is 10.6 Å². The molecule has 1 amide bonds.